The second kappa shape index (κ2) is 4.43. The summed E-state index contributed by atoms with van der Waals surface area (Å²) >= 11 is 0. The SMILES string of the molecule is Cc1nncn1N=Cc1ccc(N=O)cc1. The quantitative estimate of drug-likeness (QED) is 0.579. The van der Waals surface area contributed by atoms with Crippen LogP contribution in [0.4, 0.5) is 5.69 Å². The maximum Gasteiger partial charge on any atom is 0.151 e. The fourth-order valence-electron chi connectivity index (χ4n) is 1.15. The Labute approximate surface area is 91.6 Å². The molecule has 2 aromatic rings. The summed E-state index contributed by atoms with van der Waals surface area (Å²) in [5, 5.41) is 14.5. The monoisotopic (exact) mass is 215 g/mol. The molecule has 0 saturated heterocycles. The molecule has 0 aliphatic heterocycles. The molecule has 2 rings (SSSR count). The first-order valence-electron chi connectivity index (χ1n) is 4.64. The van der Waals surface area contributed by atoms with Crippen molar-refractivity contribution in [1.82, 2.24) is 14.9 Å². The molecular weight excluding hydrogens is 206 g/mol. The third kappa shape index (κ3) is 2.17. The summed E-state index contributed by atoms with van der Waals surface area (Å²) in [4.78, 5) is 10.2. The Morgan fingerprint density at radius 3 is 2.62 bits per heavy atom. The van der Waals surface area contributed by atoms with Gasteiger partial charge in [0.05, 0.1) is 6.21 Å². The predicted octanol–water partition coefficient (Wildman–Crippen LogP) is 1.87. The van der Waals surface area contributed by atoms with Gasteiger partial charge in [0.2, 0.25) is 0 Å². The van der Waals surface area contributed by atoms with Gasteiger partial charge in [-0.1, -0.05) is 12.1 Å². The van der Waals surface area contributed by atoms with Crippen LogP contribution < -0.4 is 0 Å². The molecule has 0 bridgehead atoms. The molecule has 0 aliphatic carbocycles. The Morgan fingerprint density at radius 1 is 1.31 bits per heavy atom. The minimum atomic E-state index is 0.401. The second-order valence-electron chi connectivity index (χ2n) is 3.15. The highest BCUT2D eigenvalue weighted by Gasteiger charge is 1.94. The normalized spacial score (nSPS) is 10.8. The molecule has 16 heavy (non-hydrogen) atoms. The number of rotatable bonds is 3. The van der Waals surface area contributed by atoms with Crippen LogP contribution in [-0.2, 0) is 0 Å². The number of aromatic nitrogens is 3. The average Bonchev–Trinajstić information content (AvgIpc) is 2.73. The third-order valence-corrected chi connectivity index (χ3v) is 2.02. The summed E-state index contributed by atoms with van der Waals surface area (Å²) in [6.07, 6.45) is 3.18. The first-order valence-corrected chi connectivity index (χ1v) is 4.64. The number of aryl methyl sites for hydroxylation is 1. The van der Waals surface area contributed by atoms with Crippen LogP contribution in [0.1, 0.15) is 11.4 Å². The van der Waals surface area contributed by atoms with Gasteiger partial charge in [-0.2, -0.15) is 5.10 Å². The molecule has 0 N–H and O–H groups in total. The van der Waals surface area contributed by atoms with Crippen LogP contribution in [0.2, 0.25) is 0 Å². The van der Waals surface area contributed by atoms with Crippen LogP contribution in [-0.4, -0.2) is 21.1 Å². The largest absolute Gasteiger partial charge is 0.205 e. The zero-order chi connectivity index (χ0) is 11.4. The van der Waals surface area contributed by atoms with E-state index in [1.165, 1.54) is 6.33 Å². The fraction of sp³-hybridized carbons (Fsp3) is 0.100. The maximum atomic E-state index is 10.2. The lowest BCUT2D eigenvalue weighted by atomic mass is 10.2. The molecule has 0 atom stereocenters. The van der Waals surface area contributed by atoms with Crippen molar-refractivity contribution >= 4 is 11.9 Å². The average molecular weight is 215 g/mol. The van der Waals surface area contributed by atoms with Gasteiger partial charge in [0.15, 0.2) is 5.82 Å². The molecule has 0 fully saturated rings. The first kappa shape index (κ1) is 10.2. The molecule has 80 valence electrons. The van der Waals surface area contributed by atoms with E-state index >= 15 is 0 Å². The highest BCUT2D eigenvalue weighted by Crippen LogP contribution is 2.10. The molecule has 0 spiro atoms. The van der Waals surface area contributed by atoms with Gasteiger partial charge in [0.25, 0.3) is 0 Å². The smallest absolute Gasteiger partial charge is 0.151 e. The molecule has 1 heterocycles. The van der Waals surface area contributed by atoms with Crippen LogP contribution in [0, 0.1) is 11.8 Å². The van der Waals surface area contributed by atoms with Crippen LogP contribution in [0.15, 0.2) is 40.9 Å². The lowest BCUT2D eigenvalue weighted by Crippen LogP contribution is -1.91. The molecule has 1 aromatic carbocycles. The predicted molar refractivity (Wildman–Crippen MR) is 59.6 cm³/mol. The number of benzene rings is 1. The number of hydrogen-bond acceptors (Lipinski definition) is 5. The molecule has 6 nitrogen and oxygen atoms in total. The molecule has 0 aliphatic rings. The highest BCUT2D eigenvalue weighted by molar-refractivity contribution is 5.79. The Kier molecular flexibility index (Phi) is 2.81. The van der Waals surface area contributed by atoms with Gasteiger partial charge in [-0.15, -0.1) is 15.1 Å². The minimum absolute atomic E-state index is 0.401. The molecule has 0 unspecified atom stereocenters. The van der Waals surface area contributed by atoms with Gasteiger partial charge >= 0.3 is 0 Å². The van der Waals surface area contributed by atoms with Crippen molar-refractivity contribution in [1.29, 1.82) is 0 Å². The van der Waals surface area contributed by atoms with Gasteiger partial charge in [0, 0.05) is 0 Å². The van der Waals surface area contributed by atoms with Crippen molar-refractivity contribution in [3.63, 3.8) is 0 Å². The Morgan fingerprint density at radius 2 is 2.06 bits per heavy atom. The minimum Gasteiger partial charge on any atom is -0.205 e. The second-order valence-corrected chi connectivity index (χ2v) is 3.15. The number of hydrogen-bond donors (Lipinski definition) is 0. The highest BCUT2D eigenvalue weighted by atomic mass is 16.3. The number of nitrogens with zero attached hydrogens (tertiary/aromatic N) is 5. The first-order chi connectivity index (χ1) is 7.79. The van der Waals surface area contributed by atoms with Gasteiger partial charge in [-0.25, -0.2) is 4.68 Å². The zero-order valence-electron chi connectivity index (χ0n) is 8.61. The van der Waals surface area contributed by atoms with Crippen molar-refractivity contribution < 1.29 is 0 Å². The van der Waals surface area contributed by atoms with Gasteiger partial charge < -0.3 is 0 Å². The van der Waals surface area contributed by atoms with E-state index in [1.807, 2.05) is 6.92 Å². The zero-order valence-corrected chi connectivity index (χ0v) is 8.61. The standard InChI is InChI=1S/C10H9N5O/c1-8-13-11-7-15(8)12-6-9-2-4-10(14-16)5-3-9/h2-7H,1H3. The van der Waals surface area contributed by atoms with Crippen LogP contribution in [0.3, 0.4) is 0 Å². The Balaban J connectivity index is 2.17. The summed E-state index contributed by atoms with van der Waals surface area (Å²) in [6.45, 7) is 1.81. The van der Waals surface area contributed by atoms with Crippen LogP contribution in [0.25, 0.3) is 0 Å². The molecule has 0 saturated carbocycles. The fourth-order valence-corrected chi connectivity index (χ4v) is 1.15. The van der Waals surface area contributed by atoms with Crippen LogP contribution >= 0.6 is 0 Å². The van der Waals surface area contributed by atoms with Gasteiger partial charge in [0.1, 0.15) is 12.0 Å². The van der Waals surface area contributed by atoms with Crippen molar-refractivity contribution in [2.24, 2.45) is 10.3 Å². The van der Waals surface area contributed by atoms with Crippen molar-refractivity contribution in [2.45, 2.75) is 6.92 Å². The molecular formula is C10H9N5O. The van der Waals surface area contributed by atoms with E-state index in [1.54, 1.807) is 35.2 Å². The molecule has 1 aromatic heterocycles. The van der Waals surface area contributed by atoms with Crippen molar-refractivity contribution in [3.8, 4) is 0 Å². The summed E-state index contributed by atoms with van der Waals surface area (Å²) < 4.78 is 1.56. The molecule has 0 radical (unpaired) electrons. The van der Waals surface area contributed by atoms with E-state index in [4.69, 9.17) is 0 Å². The van der Waals surface area contributed by atoms with Gasteiger partial charge in [-0.05, 0) is 29.8 Å². The summed E-state index contributed by atoms with van der Waals surface area (Å²) in [7, 11) is 0. The maximum absolute atomic E-state index is 10.2. The van der Waals surface area contributed by atoms with E-state index in [0.29, 0.717) is 11.5 Å². The van der Waals surface area contributed by atoms with Crippen molar-refractivity contribution in [2.75, 3.05) is 0 Å². The summed E-state index contributed by atoms with van der Waals surface area (Å²) in [5.41, 5.74) is 1.28. The van der Waals surface area contributed by atoms with E-state index in [9.17, 15) is 4.91 Å². The van der Waals surface area contributed by atoms with Crippen LogP contribution in [0.5, 0.6) is 0 Å². The number of nitroso groups, excluding NO2 is 1. The topological polar surface area (TPSA) is 72.5 Å². The van der Waals surface area contributed by atoms with E-state index in [2.05, 4.69) is 20.5 Å². The van der Waals surface area contributed by atoms with E-state index in [0.717, 1.165) is 5.56 Å². The van der Waals surface area contributed by atoms with E-state index in [-0.39, 0.29) is 0 Å². The van der Waals surface area contributed by atoms with Gasteiger partial charge in [-0.3, -0.25) is 0 Å². The Bertz CT molecular complexity index is 514. The lowest BCUT2D eigenvalue weighted by Gasteiger charge is -1.94. The van der Waals surface area contributed by atoms with Crippen molar-refractivity contribution in [3.05, 3.63) is 46.9 Å². The Hall–Kier alpha value is -2.37. The molecule has 6 heteroatoms. The van der Waals surface area contributed by atoms with E-state index < -0.39 is 0 Å². The summed E-state index contributed by atoms with van der Waals surface area (Å²) in [5.74, 6) is 0.711. The summed E-state index contributed by atoms with van der Waals surface area (Å²) in [6, 6.07) is 6.79. The lowest BCUT2D eigenvalue weighted by molar-refractivity contribution is 0.832. The molecule has 0 amide bonds. The third-order valence-electron chi connectivity index (χ3n) is 2.02.